The van der Waals surface area contributed by atoms with Crippen LogP contribution in [0.5, 0.6) is 0 Å². The largest absolute Gasteiger partial charge is 0.392 e. The average Bonchev–Trinajstić information content (AvgIpc) is 4.02. The lowest BCUT2D eigenvalue weighted by molar-refractivity contribution is -0.125. The van der Waals surface area contributed by atoms with E-state index >= 15 is 0 Å². The Kier molecular flexibility index (Phi) is 8.81. The number of imidazole rings is 1. The Hall–Kier alpha value is -5.29. The maximum atomic E-state index is 14.4. The molecule has 2 aromatic heterocycles. The number of fused-ring (bicyclic) bond motifs is 1. The van der Waals surface area contributed by atoms with Gasteiger partial charge in [-0.05, 0) is 87.6 Å². The average molecular weight is 742 g/mol. The Balaban J connectivity index is 1.14. The van der Waals surface area contributed by atoms with Gasteiger partial charge in [-0.2, -0.15) is 5.26 Å². The minimum absolute atomic E-state index is 0.0847. The van der Waals surface area contributed by atoms with Crippen molar-refractivity contribution in [1.82, 2.24) is 30.5 Å². The molecule has 13 nitrogen and oxygen atoms in total. The molecule has 4 amide bonds. The van der Waals surface area contributed by atoms with Crippen LogP contribution >= 0.6 is 23.2 Å². The van der Waals surface area contributed by atoms with E-state index < -0.39 is 28.6 Å². The van der Waals surface area contributed by atoms with E-state index in [1.54, 1.807) is 73.0 Å². The summed E-state index contributed by atoms with van der Waals surface area (Å²) in [6, 6.07) is 17.0. The van der Waals surface area contributed by atoms with Crippen molar-refractivity contribution >= 4 is 58.5 Å². The third-order valence-electron chi connectivity index (χ3n) is 9.78. The quantitative estimate of drug-likeness (QED) is 0.176. The SMILES string of the molecule is CC(O)CNC(=O)c1ccc(C2(NC(=O)C3(NC(=O)c4cnc5n4[C@](C)(Cc4ccc(C#N)cc4)C(=O)N5c4cc(Cl)cc(Cl)c4)CC3)CC2)nc1. The standard InChI is InChI=1S/C37H34Cl2N8O5/c1-21(48)18-42-30(49)24-7-8-29(41-19-24)36(9-10-36)45-32(51)37(11-12-37)44-31(50)28-20-43-34-46(27-14-25(38)13-26(39)15-27)33(52)35(2,47(28)34)16-22-3-5-23(17-40)6-4-22/h3-8,13-15,19-21,48H,9-12,16,18H2,1-2H3,(H,42,49)(H,44,50)(H,45,51)/t21?,35-/m1/s1. The third kappa shape index (κ3) is 6.38. The molecule has 2 saturated carbocycles. The van der Waals surface area contributed by atoms with E-state index in [0.717, 1.165) is 5.56 Å². The van der Waals surface area contributed by atoms with Crippen molar-refractivity contribution in [3.8, 4) is 6.07 Å². The Bertz CT molecular complexity index is 2130. The topological polar surface area (TPSA) is 182 Å². The molecule has 0 radical (unpaired) electrons. The number of aliphatic hydroxyl groups is 1. The zero-order valence-corrected chi connectivity index (χ0v) is 29.8. The Labute approximate surface area is 308 Å². The zero-order valence-electron chi connectivity index (χ0n) is 28.2. The van der Waals surface area contributed by atoms with Crippen molar-refractivity contribution in [2.75, 3.05) is 11.4 Å². The van der Waals surface area contributed by atoms with Crippen LogP contribution in [0.15, 0.2) is 67.0 Å². The number of hydrogen-bond acceptors (Lipinski definition) is 8. The molecule has 2 aromatic carbocycles. The van der Waals surface area contributed by atoms with Crippen molar-refractivity contribution < 1.29 is 24.3 Å². The van der Waals surface area contributed by atoms with Crippen molar-refractivity contribution in [3.63, 3.8) is 0 Å². The van der Waals surface area contributed by atoms with Crippen LogP contribution in [0, 0.1) is 11.3 Å². The molecule has 0 saturated heterocycles. The summed E-state index contributed by atoms with van der Waals surface area (Å²) in [5, 5.41) is 28.0. The van der Waals surface area contributed by atoms with E-state index in [1.165, 1.54) is 17.3 Å². The van der Waals surface area contributed by atoms with Crippen LogP contribution < -0.4 is 20.9 Å². The first-order valence-electron chi connectivity index (χ1n) is 16.7. The van der Waals surface area contributed by atoms with Crippen LogP contribution in [-0.4, -0.2) is 61.5 Å². The molecule has 7 rings (SSSR count). The first-order valence-corrected chi connectivity index (χ1v) is 17.5. The van der Waals surface area contributed by atoms with Gasteiger partial charge in [-0.1, -0.05) is 35.3 Å². The van der Waals surface area contributed by atoms with Crippen molar-refractivity contribution in [2.24, 2.45) is 0 Å². The Morgan fingerprint density at radius 1 is 0.962 bits per heavy atom. The highest BCUT2D eigenvalue weighted by Crippen LogP contribution is 2.47. The van der Waals surface area contributed by atoms with Crippen LogP contribution in [0.4, 0.5) is 11.6 Å². The molecular weight excluding hydrogens is 707 g/mol. The highest BCUT2D eigenvalue weighted by atomic mass is 35.5. The fourth-order valence-electron chi connectivity index (χ4n) is 6.60. The Morgan fingerprint density at radius 2 is 1.65 bits per heavy atom. The summed E-state index contributed by atoms with van der Waals surface area (Å²) >= 11 is 12.6. The van der Waals surface area contributed by atoms with E-state index in [-0.39, 0.29) is 42.3 Å². The highest BCUT2D eigenvalue weighted by Gasteiger charge is 2.57. The summed E-state index contributed by atoms with van der Waals surface area (Å²) in [6.45, 7) is 3.40. The highest BCUT2D eigenvalue weighted by molar-refractivity contribution is 6.35. The number of nitrogens with one attached hydrogen (secondary N) is 3. The lowest BCUT2D eigenvalue weighted by atomic mass is 9.91. The zero-order chi connectivity index (χ0) is 37.0. The van der Waals surface area contributed by atoms with Gasteiger partial charge in [0.2, 0.25) is 11.9 Å². The fraction of sp³-hybridized carbons (Fsp3) is 0.324. The number of aromatic nitrogens is 3. The van der Waals surface area contributed by atoms with Gasteiger partial charge in [0.1, 0.15) is 16.8 Å². The van der Waals surface area contributed by atoms with Crippen molar-refractivity contribution in [1.29, 1.82) is 5.26 Å². The van der Waals surface area contributed by atoms with Crippen LogP contribution in [0.1, 0.15) is 77.2 Å². The number of nitrogens with zero attached hydrogens (tertiary/aromatic N) is 5. The van der Waals surface area contributed by atoms with Gasteiger partial charge in [0.05, 0.1) is 46.4 Å². The molecule has 52 heavy (non-hydrogen) atoms. The molecule has 4 aromatic rings. The number of benzene rings is 2. The molecule has 0 bridgehead atoms. The van der Waals surface area contributed by atoms with Gasteiger partial charge >= 0.3 is 0 Å². The predicted octanol–water partition coefficient (Wildman–Crippen LogP) is 4.27. The smallest absolute Gasteiger partial charge is 0.270 e. The van der Waals surface area contributed by atoms with Crippen LogP contribution in [0.2, 0.25) is 10.0 Å². The number of carbonyl (C=O) groups excluding carboxylic acids is 4. The molecular formula is C37H34Cl2N8O5. The lowest BCUT2D eigenvalue weighted by Gasteiger charge is -2.27. The van der Waals surface area contributed by atoms with E-state index in [4.69, 9.17) is 23.2 Å². The number of anilines is 2. The number of aliphatic hydroxyl groups excluding tert-OH is 1. The molecule has 3 heterocycles. The molecule has 2 aliphatic carbocycles. The van der Waals surface area contributed by atoms with Gasteiger partial charge in [0.25, 0.3) is 17.7 Å². The summed E-state index contributed by atoms with van der Waals surface area (Å²) < 4.78 is 1.58. The molecule has 1 aliphatic heterocycles. The fourth-order valence-corrected chi connectivity index (χ4v) is 7.11. The molecule has 3 aliphatic rings. The molecule has 2 atom stereocenters. The first-order chi connectivity index (χ1) is 24.8. The monoisotopic (exact) mass is 740 g/mol. The third-order valence-corrected chi connectivity index (χ3v) is 10.2. The van der Waals surface area contributed by atoms with Gasteiger partial charge in [-0.3, -0.25) is 28.7 Å². The molecule has 4 N–H and O–H groups in total. The van der Waals surface area contributed by atoms with Crippen LogP contribution in [0.25, 0.3) is 0 Å². The number of pyridine rings is 1. The molecule has 0 spiro atoms. The van der Waals surface area contributed by atoms with Gasteiger partial charge in [0, 0.05) is 29.2 Å². The second-order valence-corrected chi connectivity index (χ2v) is 14.7. The lowest BCUT2D eigenvalue weighted by Crippen LogP contribution is -2.52. The summed E-state index contributed by atoms with van der Waals surface area (Å²) in [6.07, 6.45) is 4.39. The minimum atomic E-state index is -1.34. The molecule has 1 unspecified atom stereocenters. The second kappa shape index (κ2) is 13.0. The maximum Gasteiger partial charge on any atom is 0.270 e. The molecule has 2 fully saturated rings. The number of rotatable bonds is 11. The first kappa shape index (κ1) is 35.1. The minimum Gasteiger partial charge on any atom is -0.392 e. The second-order valence-electron chi connectivity index (χ2n) is 13.9. The van der Waals surface area contributed by atoms with E-state index in [0.29, 0.717) is 58.2 Å². The van der Waals surface area contributed by atoms with E-state index in [2.05, 4.69) is 32.0 Å². The number of hydrogen-bond donors (Lipinski definition) is 4. The number of carbonyl (C=O) groups is 4. The van der Waals surface area contributed by atoms with Gasteiger partial charge in [-0.25, -0.2) is 9.88 Å². The number of nitriles is 1. The van der Waals surface area contributed by atoms with Crippen molar-refractivity contribution in [2.45, 2.75) is 68.7 Å². The van der Waals surface area contributed by atoms with E-state index in [1.807, 2.05) is 0 Å². The Morgan fingerprint density at radius 3 is 2.23 bits per heavy atom. The number of halogens is 2. The maximum absolute atomic E-state index is 14.4. The summed E-state index contributed by atoms with van der Waals surface area (Å²) in [7, 11) is 0. The van der Waals surface area contributed by atoms with Crippen molar-refractivity contribution in [3.05, 3.63) is 105 Å². The molecule has 15 heteroatoms. The van der Waals surface area contributed by atoms with E-state index in [9.17, 15) is 29.5 Å². The van der Waals surface area contributed by atoms with Crippen LogP contribution in [0.3, 0.4) is 0 Å². The predicted molar refractivity (Wildman–Crippen MR) is 191 cm³/mol. The molecule has 266 valence electrons. The normalized spacial score (nSPS) is 19.6. The van der Waals surface area contributed by atoms with Crippen LogP contribution in [-0.2, 0) is 27.1 Å². The summed E-state index contributed by atoms with van der Waals surface area (Å²) in [5.41, 5.74) is -0.643. The summed E-state index contributed by atoms with van der Waals surface area (Å²) in [5.74, 6) is -1.49. The number of amides is 4. The van der Waals surface area contributed by atoms with Gasteiger partial charge in [0.15, 0.2) is 0 Å². The van der Waals surface area contributed by atoms with Gasteiger partial charge < -0.3 is 21.1 Å². The summed E-state index contributed by atoms with van der Waals surface area (Å²) in [4.78, 5) is 65.1. The van der Waals surface area contributed by atoms with Gasteiger partial charge in [-0.15, -0.1) is 0 Å².